The van der Waals surface area contributed by atoms with Crippen LogP contribution >= 0.6 is 0 Å². The molecule has 1 unspecified atom stereocenters. The van der Waals surface area contributed by atoms with Crippen LogP contribution in [0.25, 0.3) is 10.9 Å². The molecule has 29 heavy (non-hydrogen) atoms. The van der Waals surface area contributed by atoms with Gasteiger partial charge in [0.25, 0.3) is 5.91 Å². The van der Waals surface area contributed by atoms with Crippen molar-refractivity contribution in [3.63, 3.8) is 0 Å². The van der Waals surface area contributed by atoms with Gasteiger partial charge in [-0.25, -0.2) is 4.98 Å². The van der Waals surface area contributed by atoms with Crippen LogP contribution in [-0.2, 0) is 11.3 Å². The van der Waals surface area contributed by atoms with Crippen LogP contribution in [0.4, 0.5) is 0 Å². The number of amides is 2. The molecule has 0 saturated carbocycles. The first-order valence-electron chi connectivity index (χ1n) is 10.1. The van der Waals surface area contributed by atoms with Crippen LogP contribution in [0.3, 0.4) is 0 Å². The number of aromatic amines is 1. The summed E-state index contributed by atoms with van der Waals surface area (Å²) in [5, 5.41) is 11.0. The molecule has 2 amide bonds. The zero-order valence-electron chi connectivity index (χ0n) is 16.6. The van der Waals surface area contributed by atoms with E-state index in [0.717, 1.165) is 29.3 Å². The first kappa shape index (κ1) is 19.2. The van der Waals surface area contributed by atoms with Gasteiger partial charge in [0.1, 0.15) is 0 Å². The average molecular weight is 394 g/mol. The van der Waals surface area contributed by atoms with Crippen LogP contribution in [-0.4, -0.2) is 56.1 Å². The van der Waals surface area contributed by atoms with E-state index < -0.39 is 0 Å². The molecule has 1 atom stereocenters. The van der Waals surface area contributed by atoms with Crippen molar-refractivity contribution in [2.24, 2.45) is 5.92 Å². The van der Waals surface area contributed by atoms with Gasteiger partial charge in [-0.2, -0.15) is 5.10 Å². The van der Waals surface area contributed by atoms with Gasteiger partial charge >= 0.3 is 0 Å². The van der Waals surface area contributed by atoms with E-state index in [1.165, 1.54) is 0 Å². The third kappa shape index (κ3) is 4.47. The first-order chi connectivity index (χ1) is 14.1. The second-order valence-electron chi connectivity index (χ2n) is 7.74. The number of H-pyrrole nitrogens is 1. The summed E-state index contributed by atoms with van der Waals surface area (Å²) in [6.45, 7) is 4.57. The molecular weight excluding hydrogens is 368 g/mol. The standard InChI is InChI=1S/C21H26N6O2/c1-15-4-5-18-17(11-15)20(25-24-18)21(29)27-8-2-3-16(13-27)12-19(28)23-7-10-26-9-6-22-14-26/h4-6,9,11,14,16H,2-3,7-8,10,12-13H2,1H3,(H,23,28)(H,24,25). The minimum atomic E-state index is -0.0629. The zero-order valence-corrected chi connectivity index (χ0v) is 16.6. The molecule has 0 spiro atoms. The lowest BCUT2D eigenvalue weighted by atomic mass is 9.94. The lowest BCUT2D eigenvalue weighted by Gasteiger charge is -2.32. The van der Waals surface area contributed by atoms with Gasteiger partial charge in [0.15, 0.2) is 5.69 Å². The summed E-state index contributed by atoms with van der Waals surface area (Å²) in [4.78, 5) is 31.2. The molecule has 1 aromatic carbocycles. The fourth-order valence-electron chi connectivity index (χ4n) is 3.93. The van der Waals surface area contributed by atoms with Crippen molar-refractivity contribution in [1.82, 2.24) is 30.0 Å². The van der Waals surface area contributed by atoms with Crippen LogP contribution < -0.4 is 5.32 Å². The Morgan fingerprint density at radius 1 is 1.34 bits per heavy atom. The molecule has 2 aromatic heterocycles. The fourth-order valence-corrected chi connectivity index (χ4v) is 3.93. The monoisotopic (exact) mass is 394 g/mol. The van der Waals surface area contributed by atoms with Crippen molar-refractivity contribution in [2.45, 2.75) is 32.7 Å². The van der Waals surface area contributed by atoms with Crippen molar-refractivity contribution in [2.75, 3.05) is 19.6 Å². The van der Waals surface area contributed by atoms with Gasteiger partial charge in [-0.05, 0) is 37.8 Å². The highest BCUT2D eigenvalue weighted by molar-refractivity contribution is 6.04. The van der Waals surface area contributed by atoms with E-state index >= 15 is 0 Å². The van der Waals surface area contributed by atoms with E-state index in [2.05, 4.69) is 20.5 Å². The van der Waals surface area contributed by atoms with E-state index in [0.29, 0.717) is 38.3 Å². The van der Waals surface area contributed by atoms with Gasteiger partial charge in [-0.1, -0.05) is 11.6 Å². The molecule has 4 rings (SSSR count). The summed E-state index contributed by atoms with van der Waals surface area (Å²) in [7, 11) is 0. The summed E-state index contributed by atoms with van der Waals surface area (Å²) >= 11 is 0. The number of fused-ring (bicyclic) bond motifs is 1. The Bertz CT molecular complexity index is 994. The van der Waals surface area contributed by atoms with Gasteiger partial charge < -0.3 is 14.8 Å². The van der Waals surface area contributed by atoms with E-state index in [1.807, 2.05) is 40.8 Å². The SMILES string of the molecule is Cc1ccc2[nH]nc(C(=O)N3CCCC(CC(=O)NCCn4ccnc4)C3)c2c1. The lowest BCUT2D eigenvalue weighted by molar-refractivity contribution is -0.122. The normalized spacial score (nSPS) is 16.9. The lowest BCUT2D eigenvalue weighted by Crippen LogP contribution is -2.41. The molecule has 0 aliphatic carbocycles. The van der Waals surface area contributed by atoms with Crippen molar-refractivity contribution in [3.05, 3.63) is 48.2 Å². The minimum Gasteiger partial charge on any atom is -0.354 e. The fraction of sp³-hybridized carbons (Fsp3) is 0.429. The Balaban J connectivity index is 1.33. The topological polar surface area (TPSA) is 95.9 Å². The molecule has 1 aliphatic rings. The number of imidazole rings is 1. The van der Waals surface area contributed by atoms with Crippen molar-refractivity contribution in [1.29, 1.82) is 0 Å². The van der Waals surface area contributed by atoms with E-state index in [-0.39, 0.29) is 17.7 Å². The smallest absolute Gasteiger partial charge is 0.275 e. The highest BCUT2D eigenvalue weighted by Gasteiger charge is 2.28. The summed E-state index contributed by atoms with van der Waals surface area (Å²) < 4.78 is 1.93. The quantitative estimate of drug-likeness (QED) is 0.669. The number of aryl methyl sites for hydroxylation is 1. The Labute approximate surface area is 169 Å². The molecule has 8 nitrogen and oxygen atoms in total. The zero-order chi connectivity index (χ0) is 20.2. The molecule has 1 aliphatic heterocycles. The number of carbonyl (C=O) groups is 2. The molecule has 3 heterocycles. The molecule has 152 valence electrons. The molecule has 0 radical (unpaired) electrons. The van der Waals surface area contributed by atoms with Gasteiger partial charge in [-0.15, -0.1) is 0 Å². The Kier molecular flexibility index (Phi) is 5.59. The predicted molar refractivity (Wildman–Crippen MR) is 109 cm³/mol. The number of benzene rings is 1. The van der Waals surface area contributed by atoms with Crippen molar-refractivity contribution in [3.8, 4) is 0 Å². The Hall–Kier alpha value is -3.16. The molecule has 1 fully saturated rings. The summed E-state index contributed by atoms with van der Waals surface area (Å²) in [6.07, 6.45) is 7.63. The van der Waals surface area contributed by atoms with Gasteiger partial charge in [-0.3, -0.25) is 14.7 Å². The second kappa shape index (κ2) is 8.46. The molecular formula is C21H26N6O2. The van der Waals surface area contributed by atoms with Crippen LogP contribution in [0.15, 0.2) is 36.9 Å². The average Bonchev–Trinajstić information content (AvgIpc) is 3.37. The minimum absolute atomic E-state index is 0.0326. The summed E-state index contributed by atoms with van der Waals surface area (Å²) in [6, 6.07) is 5.93. The number of hydrogen-bond acceptors (Lipinski definition) is 4. The number of likely N-dealkylation sites (tertiary alicyclic amines) is 1. The largest absolute Gasteiger partial charge is 0.354 e. The number of aromatic nitrogens is 4. The molecule has 2 N–H and O–H groups in total. The van der Waals surface area contributed by atoms with Crippen LogP contribution in [0.2, 0.25) is 0 Å². The summed E-state index contributed by atoms with van der Waals surface area (Å²) in [5.74, 6) is 0.144. The number of rotatable bonds is 6. The van der Waals surface area contributed by atoms with Gasteiger partial charge in [0, 0.05) is 50.4 Å². The van der Waals surface area contributed by atoms with Crippen LogP contribution in [0.1, 0.15) is 35.3 Å². The van der Waals surface area contributed by atoms with E-state index in [4.69, 9.17) is 0 Å². The van der Waals surface area contributed by atoms with Crippen LogP contribution in [0, 0.1) is 12.8 Å². The maximum absolute atomic E-state index is 13.1. The highest BCUT2D eigenvalue weighted by Crippen LogP contribution is 2.24. The van der Waals surface area contributed by atoms with E-state index in [9.17, 15) is 9.59 Å². The van der Waals surface area contributed by atoms with Crippen LogP contribution in [0.5, 0.6) is 0 Å². The van der Waals surface area contributed by atoms with Crippen molar-refractivity contribution >= 4 is 22.7 Å². The molecule has 3 aromatic rings. The number of hydrogen-bond donors (Lipinski definition) is 2. The van der Waals surface area contributed by atoms with E-state index in [1.54, 1.807) is 12.5 Å². The van der Waals surface area contributed by atoms with Gasteiger partial charge in [0.05, 0.1) is 11.8 Å². The number of piperidine rings is 1. The first-order valence-corrected chi connectivity index (χ1v) is 10.1. The predicted octanol–water partition coefficient (Wildman–Crippen LogP) is 2.13. The molecule has 8 heteroatoms. The molecule has 1 saturated heterocycles. The van der Waals surface area contributed by atoms with Gasteiger partial charge in [0.2, 0.25) is 5.91 Å². The third-order valence-corrected chi connectivity index (χ3v) is 5.45. The highest BCUT2D eigenvalue weighted by atomic mass is 16.2. The maximum atomic E-state index is 13.1. The Morgan fingerprint density at radius 2 is 2.24 bits per heavy atom. The maximum Gasteiger partial charge on any atom is 0.275 e. The summed E-state index contributed by atoms with van der Waals surface area (Å²) in [5.41, 5.74) is 2.43. The Morgan fingerprint density at radius 3 is 3.07 bits per heavy atom. The number of nitrogens with zero attached hydrogens (tertiary/aromatic N) is 4. The number of nitrogens with one attached hydrogen (secondary N) is 2. The second-order valence-corrected chi connectivity index (χ2v) is 7.74. The third-order valence-electron chi connectivity index (χ3n) is 5.45. The van der Waals surface area contributed by atoms with Crippen molar-refractivity contribution < 1.29 is 9.59 Å². The number of carbonyl (C=O) groups excluding carboxylic acids is 2. The molecule has 0 bridgehead atoms.